The van der Waals surface area contributed by atoms with Gasteiger partial charge in [0, 0.05) is 24.9 Å². The topological polar surface area (TPSA) is 50.7 Å². The summed E-state index contributed by atoms with van der Waals surface area (Å²) in [7, 11) is 1.57. The van der Waals surface area contributed by atoms with Crippen LogP contribution in [-0.2, 0) is 20.9 Å². The van der Waals surface area contributed by atoms with Crippen LogP contribution in [0.5, 0.6) is 0 Å². The van der Waals surface area contributed by atoms with E-state index in [4.69, 9.17) is 39.6 Å². The van der Waals surface area contributed by atoms with E-state index in [9.17, 15) is 4.79 Å². The molecular weight excluding hydrogens is 450 g/mol. The van der Waals surface area contributed by atoms with E-state index in [1.807, 2.05) is 19.1 Å². The Morgan fingerprint density at radius 3 is 2.30 bits per heavy atom. The fourth-order valence-corrected chi connectivity index (χ4v) is 4.61. The van der Waals surface area contributed by atoms with Crippen molar-refractivity contribution in [1.29, 1.82) is 0 Å². The Labute approximate surface area is 189 Å². The van der Waals surface area contributed by atoms with E-state index < -0.39 is 11.3 Å². The molecule has 1 fully saturated rings. The van der Waals surface area contributed by atoms with Crippen LogP contribution in [0.4, 0.5) is 4.39 Å². The molecule has 30 heavy (non-hydrogen) atoms. The molecule has 1 amide bonds. The molecule has 1 N–H and O–H groups in total. The molecule has 8 heteroatoms. The highest BCUT2D eigenvalue weighted by molar-refractivity contribution is 6.48. The van der Waals surface area contributed by atoms with Gasteiger partial charge in [-0.05, 0) is 43.0 Å². The molecule has 2 aromatic rings. The van der Waals surface area contributed by atoms with Crippen molar-refractivity contribution < 1.29 is 14.0 Å². The third-order valence-corrected chi connectivity index (χ3v) is 7.15. The molecule has 0 saturated heterocycles. The highest BCUT2D eigenvalue weighted by Crippen LogP contribution is 2.49. The fourth-order valence-electron chi connectivity index (χ4n) is 4.02. The molecule has 0 bridgehead atoms. The van der Waals surface area contributed by atoms with E-state index in [0.29, 0.717) is 27.1 Å². The van der Waals surface area contributed by atoms with Gasteiger partial charge in [-0.25, -0.2) is 4.39 Å². The van der Waals surface area contributed by atoms with Crippen LogP contribution in [0.25, 0.3) is 0 Å². The van der Waals surface area contributed by atoms with Crippen molar-refractivity contribution in [2.45, 2.75) is 37.5 Å². The summed E-state index contributed by atoms with van der Waals surface area (Å²) in [6.45, 7) is 1.90. The highest BCUT2D eigenvalue weighted by atomic mass is 35.5. The summed E-state index contributed by atoms with van der Waals surface area (Å²) in [5.41, 5.74) is 0.742. The Kier molecular flexibility index (Phi) is 5.50. The summed E-state index contributed by atoms with van der Waals surface area (Å²) < 4.78 is 15.1. The van der Waals surface area contributed by atoms with E-state index in [1.165, 1.54) is 0 Å². The van der Waals surface area contributed by atoms with Crippen molar-refractivity contribution in [3.05, 3.63) is 68.2 Å². The van der Waals surface area contributed by atoms with Gasteiger partial charge in [-0.2, -0.15) is 0 Å². The van der Waals surface area contributed by atoms with Crippen molar-refractivity contribution in [3.8, 4) is 0 Å². The van der Waals surface area contributed by atoms with Gasteiger partial charge in [-0.15, -0.1) is 0 Å². The zero-order chi connectivity index (χ0) is 21.7. The lowest BCUT2D eigenvalue weighted by atomic mass is 9.68. The lowest BCUT2D eigenvalue weighted by molar-refractivity contribution is -0.134. The zero-order valence-electron chi connectivity index (χ0n) is 16.4. The van der Waals surface area contributed by atoms with Crippen LogP contribution in [0.15, 0.2) is 41.6 Å². The first kappa shape index (κ1) is 21.4. The maximum absolute atomic E-state index is 15.1. The van der Waals surface area contributed by atoms with Crippen LogP contribution < -0.4 is 5.32 Å². The molecule has 1 aliphatic heterocycles. The van der Waals surface area contributed by atoms with Gasteiger partial charge >= 0.3 is 0 Å². The molecule has 0 spiro atoms. The van der Waals surface area contributed by atoms with Gasteiger partial charge in [0.2, 0.25) is 5.91 Å². The molecule has 1 heterocycles. The van der Waals surface area contributed by atoms with Crippen LogP contribution in [0.2, 0.25) is 15.1 Å². The minimum Gasteiger partial charge on any atom is -0.384 e. The number of halogens is 4. The minimum atomic E-state index is -1.46. The van der Waals surface area contributed by atoms with Crippen LogP contribution in [0.1, 0.15) is 42.9 Å². The van der Waals surface area contributed by atoms with Gasteiger partial charge in [0.25, 0.3) is 0 Å². The second kappa shape index (κ2) is 7.70. The quantitative estimate of drug-likeness (QED) is 0.558. The molecule has 1 unspecified atom stereocenters. The summed E-state index contributed by atoms with van der Waals surface area (Å²) in [5.74, 6) is -0.384. The Morgan fingerprint density at radius 2 is 1.73 bits per heavy atom. The third-order valence-electron chi connectivity index (χ3n) is 5.95. The van der Waals surface area contributed by atoms with Crippen molar-refractivity contribution in [2.24, 2.45) is 11.1 Å². The van der Waals surface area contributed by atoms with Crippen molar-refractivity contribution >= 4 is 46.4 Å². The Morgan fingerprint density at radius 1 is 1.13 bits per heavy atom. The number of carbonyl (C=O) groups excluding carboxylic acids is 1. The lowest BCUT2D eigenvalue weighted by Crippen LogP contribution is -2.44. The number of nitrogens with zero attached hydrogens (tertiary/aromatic N) is 1. The number of oxime groups is 1. The average Bonchev–Trinajstić information content (AvgIpc) is 3.12. The SMILES string of the molecule is CNC(=O)C1CC(F)(c2ccc(C3=NOC(C)(c4cc(Cl)c(Cl)c(Cl)c4)C3)cc2)C1. The van der Waals surface area contributed by atoms with Gasteiger partial charge in [-0.1, -0.05) is 64.2 Å². The fraction of sp³-hybridized carbons (Fsp3) is 0.364. The summed E-state index contributed by atoms with van der Waals surface area (Å²) in [6.07, 6.45) is 0.901. The predicted octanol–water partition coefficient (Wildman–Crippen LogP) is 6.01. The second-order valence-corrected chi connectivity index (χ2v) is 9.25. The summed E-state index contributed by atoms with van der Waals surface area (Å²) in [6, 6.07) is 10.6. The normalized spacial score (nSPS) is 27.8. The monoisotopic (exact) mass is 468 g/mol. The van der Waals surface area contributed by atoms with Gasteiger partial charge in [0.15, 0.2) is 5.60 Å². The molecule has 1 saturated carbocycles. The maximum Gasteiger partial charge on any atom is 0.223 e. The molecule has 4 rings (SSSR count). The number of carbonyl (C=O) groups is 1. The van der Waals surface area contributed by atoms with Crippen molar-refractivity contribution in [1.82, 2.24) is 5.32 Å². The Bertz CT molecular complexity index is 1010. The van der Waals surface area contributed by atoms with Crippen molar-refractivity contribution in [3.63, 3.8) is 0 Å². The summed E-state index contributed by atoms with van der Waals surface area (Å²) >= 11 is 18.4. The molecule has 1 aliphatic carbocycles. The first-order valence-electron chi connectivity index (χ1n) is 9.57. The third kappa shape index (κ3) is 3.68. The second-order valence-electron chi connectivity index (χ2n) is 8.05. The van der Waals surface area contributed by atoms with Crippen LogP contribution in [0.3, 0.4) is 0 Å². The number of hydrogen-bond donors (Lipinski definition) is 1. The van der Waals surface area contributed by atoms with E-state index in [1.54, 1.807) is 31.3 Å². The molecule has 2 aromatic carbocycles. The van der Waals surface area contributed by atoms with E-state index in [2.05, 4.69) is 10.5 Å². The number of nitrogens with one attached hydrogen (secondary N) is 1. The number of amides is 1. The number of alkyl halides is 1. The van der Waals surface area contributed by atoms with Gasteiger partial charge in [0.1, 0.15) is 5.67 Å². The van der Waals surface area contributed by atoms with Gasteiger partial charge < -0.3 is 10.2 Å². The standard InChI is InChI=1S/C22H20Cl3FN2O2/c1-21(15-7-16(23)19(25)17(24)8-15)11-18(28-30-21)12-3-5-14(6-4-12)22(26)9-13(10-22)20(29)27-2/h3-8,13H,9-11H2,1-2H3,(H,27,29). The number of benzene rings is 2. The molecule has 0 aromatic heterocycles. The minimum absolute atomic E-state index is 0.112. The highest BCUT2D eigenvalue weighted by Gasteiger charge is 2.49. The maximum atomic E-state index is 15.1. The summed E-state index contributed by atoms with van der Waals surface area (Å²) in [5, 5.41) is 7.82. The Hall–Kier alpha value is -1.82. The molecule has 4 nitrogen and oxygen atoms in total. The lowest BCUT2D eigenvalue weighted by Gasteiger charge is -2.40. The van der Waals surface area contributed by atoms with Crippen LogP contribution in [0, 0.1) is 5.92 Å². The van der Waals surface area contributed by atoms with Gasteiger partial charge in [0.05, 0.1) is 20.8 Å². The predicted molar refractivity (Wildman–Crippen MR) is 117 cm³/mol. The average molecular weight is 470 g/mol. The van der Waals surface area contributed by atoms with Gasteiger partial charge in [-0.3, -0.25) is 4.79 Å². The van der Waals surface area contributed by atoms with E-state index >= 15 is 4.39 Å². The Balaban J connectivity index is 1.48. The number of rotatable bonds is 4. The zero-order valence-corrected chi connectivity index (χ0v) is 18.7. The smallest absolute Gasteiger partial charge is 0.223 e. The summed E-state index contributed by atoms with van der Waals surface area (Å²) in [4.78, 5) is 17.4. The molecule has 1 atom stereocenters. The number of hydrogen-bond acceptors (Lipinski definition) is 3. The first-order chi connectivity index (χ1) is 14.1. The molecular formula is C22H20Cl3FN2O2. The first-order valence-corrected chi connectivity index (χ1v) is 10.7. The molecule has 158 valence electrons. The van der Waals surface area contributed by atoms with E-state index in [0.717, 1.165) is 16.8 Å². The van der Waals surface area contributed by atoms with Crippen LogP contribution in [-0.4, -0.2) is 18.7 Å². The molecule has 0 radical (unpaired) electrons. The largest absolute Gasteiger partial charge is 0.384 e. The van der Waals surface area contributed by atoms with E-state index in [-0.39, 0.29) is 24.7 Å². The van der Waals surface area contributed by atoms with Crippen LogP contribution >= 0.6 is 34.8 Å². The van der Waals surface area contributed by atoms with Crippen molar-refractivity contribution in [2.75, 3.05) is 7.05 Å². The molecule has 2 aliphatic rings.